The monoisotopic (exact) mass is 431 g/mol. The normalized spacial score (nSPS) is 12.2. The van der Waals surface area contributed by atoms with E-state index < -0.39 is 0 Å². The first-order valence-electron chi connectivity index (χ1n) is 8.37. The Bertz CT molecular complexity index is 853. The third-order valence-corrected chi connectivity index (χ3v) is 4.26. The van der Waals surface area contributed by atoms with Crippen LogP contribution in [0.15, 0.2) is 52.0 Å². The van der Waals surface area contributed by atoms with Gasteiger partial charge in [0.15, 0.2) is 11.5 Å². The average molecular weight is 432 g/mol. The molecule has 0 atom stereocenters. The highest BCUT2D eigenvalue weighted by Gasteiger charge is 2.12. The van der Waals surface area contributed by atoms with Gasteiger partial charge in [-0.2, -0.15) is 5.10 Å². The Balaban J connectivity index is 1.35. The van der Waals surface area contributed by atoms with Crippen molar-refractivity contribution in [1.82, 2.24) is 5.43 Å². The number of hydrogen-bond donors (Lipinski definition) is 2. The maximum Gasteiger partial charge on any atom is 0.240 e. The quantitative estimate of drug-likeness (QED) is 0.518. The molecule has 2 amide bonds. The van der Waals surface area contributed by atoms with Crippen molar-refractivity contribution in [2.24, 2.45) is 5.10 Å². The number of nitrogens with one attached hydrogen (secondary N) is 2. The first-order valence-corrected chi connectivity index (χ1v) is 9.16. The van der Waals surface area contributed by atoms with Crippen LogP contribution in [0.25, 0.3) is 0 Å². The van der Waals surface area contributed by atoms with E-state index in [1.54, 1.807) is 24.3 Å². The summed E-state index contributed by atoms with van der Waals surface area (Å²) < 4.78 is 11.5. The summed E-state index contributed by atoms with van der Waals surface area (Å²) in [4.78, 5) is 23.7. The predicted molar refractivity (Wildman–Crippen MR) is 105 cm³/mol. The van der Waals surface area contributed by atoms with Gasteiger partial charge in [0.05, 0.1) is 6.21 Å². The van der Waals surface area contributed by atoms with E-state index in [9.17, 15) is 9.59 Å². The van der Waals surface area contributed by atoms with Crippen LogP contribution < -0.4 is 20.2 Å². The van der Waals surface area contributed by atoms with E-state index in [0.29, 0.717) is 17.9 Å². The molecule has 0 aliphatic carbocycles. The molecule has 1 aliphatic heterocycles. The fraction of sp³-hybridized carbons (Fsp3) is 0.211. The van der Waals surface area contributed by atoms with Crippen molar-refractivity contribution in [2.75, 3.05) is 12.1 Å². The number of anilines is 1. The van der Waals surface area contributed by atoms with Crippen LogP contribution in [-0.2, 0) is 9.59 Å². The summed E-state index contributed by atoms with van der Waals surface area (Å²) >= 11 is 3.34. The Morgan fingerprint density at radius 3 is 2.59 bits per heavy atom. The van der Waals surface area contributed by atoms with Crippen molar-refractivity contribution in [3.05, 3.63) is 52.5 Å². The zero-order valence-corrected chi connectivity index (χ0v) is 16.0. The van der Waals surface area contributed by atoms with Gasteiger partial charge in [-0.25, -0.2) is 5.43 Å². The Labute approximate surface area is 164 Å². The number of fused-ring (bicyclic) bond motifs is 1. The molecule has 0 bridgehead atoms. The Morgan fingerprint density at radius 1 is 1.04 bits per heavy atom. The highest BCUT2D eigenvalue weighted by Crippen LogP contribution is 2.31. The second-order valence-corrected chi connectivity index (χ2v) is 6.73. The summed E-state index contributed by atoms with van der Waals surface area (Å²) in [6.45, 7) is 0.210. The van der Waals surface area contributed by atoms with Gasteiger partial charge in [-0.1, -0.05) is 15.9 Å². The Hall–Kier alpha value is -2.87. The number of ether oxygens (including phenoxy) is 2. The first kappa shape index (κ1) is 18.9. The number of amides is 2. The molecule has 0 spiro atoms. The molecule has 2 aromatic carbocycles. The molecule has 0 radical (unpaired) electrons. The molecule has 1 heterocycles. The largest absolute Gasteiger partial charge is 0.454 e. The molecule has 3 rings (SSSR count). The first-order chi connectivity index (χ1) is 13.1. The lowest BCUT2D eigenvalue weighted by Gasteiger charge is -2.05. The van der Waals surface area contributed by atoms with Crippen molar-refractivity contribution in [1.29, 1.82) is 0 Å². The smallest absolute Gasteiger partial charge is 0.240 e. The summed E-state index contributed by atoms with van der Waals surface area (Å²) in [6.07, 6.45) is 2.44. The molecule has 0 fully saturated rings. The van der Waals surface area contributed by atoms with E-state index in [0.717, 1.165) is 15.7 Å². The molecule has 0 saturated carbocycles. The number of rotatable bonds is 7. The van der Waals surface area contributed by atoms with Gasteiger partial charge in [-0.05, 0) is 54.4 Å². The SMILES string of the molecule is O=C(CCCC(=O)Nc1ccc(Br)cc1)N/N=C\c1ccc2c(c1)OCO2. The summed E-state index contributed by atoms with van der Waals surface area (Å²) in [5.74, 6) is 0.970. The van der Waals surface area contributed by atoms with Crippen LogP contribution in [-0.4, -0.2) is 24.8 Å². The molecule has 1 aliphatic rings. The van der Waals surface area contributed by atoms with Gasteiger partial charge in [0.25, 0.3) is 0 Å². The van der Waals surface area contributed by atoms with E-state index in [1.807, 2.05) is 18.2 Å². The minimum absolute atomic E-state index is 0.131. The number of halogens is 1. The predicted octanol–water partition coefficient (Wildman–Crippen LogP) is 3.44. The second kappa shape index (κ2) is 9.18. The minimum atomic E-state index is -0.247. The molecule has 7 nitrogen and oxygen atoms in total. The number of carbonyl (C=O) groups is 2. The standard InChI is InChI=1S/C19H18BrN3O4/c20-14-5-7-15(8-6-14)22-18(24)2-1-3-19(25)23-21-11-13-4-9-16-17(10-13)27-12-26-16/h4-11H,1-3,12H2,(H,22,24)(H,23,25)/b21-11-. The summed E-state index contributed by atoms with van der Waals surface area (Å²) in [6, 6.07) is 12.7. The summed E-state index contributed by atoms with van der Waals surface area (Å²) in [5.41, 5.74) is 3.96. The van der Waals surface area contributed by atoms with Gasteiger partial charge >= 0.3 is 0 Å². The van der Waals surface area contributed by atoms with Crippen molar-refractivity contribution in [3.8, 4) is 11.5 Å². The average Bonchev–Trinajstić information content (AvgIpc) is 3.11. The topological polar surface area (TPSA) is 89.0 Å². The van der Waals surface area contributed by atoms with Crippen molar-refractivity contribution in [2.45, 2.75) is 19.3 Å². The van der Waals surface area contributed by atoms with Crippen LogP contribution in [0, 0.1) is 0 Å². The maximum atomic E-state index is 11.9. The van der Waals surface area contributed by atoms with E-state index in [-0.39, 0.29) is 31.4 Å². The van der Waals surface area contributed by atoms with Crippen molar-refractivity contribution < 1.29 is 19.1 Å². The second-order valence-electron chi connectivity index (χ2n) is 5.81. The van der Waals surface area contributed by atoms with Crippen molar-refractivity contribution >= 4 is 39.6 Å². The highest BCUT2D eigenvalue weighted by atomic mass is 79.9. The molecule has 0 unspecified atom stereocenters. The molecule has 8 heteroatoms. The number of carbonyl (C=O) groups excluding carboxylic acids is 2. The van der Waals surface area contributed by atoms with Gasteiger partial charge in [-0.15, -0.1) is 0 Å². The Morgan fingerprint density at radius 2 is 1.78 bits per heavy atom. The van der Waals surface area contributed by atoms with Crippen LogP contribution >= 0.6 is 15.9 Å². The van der Waals surface area contributed by atoms with Crippen LogP contribution in [0.5, 0.6) is 11.5 Å². The molecule has 27 heavy (non-hydrogen) atoms. The third-order valence-electron chi connectivity index (χ3n) is 3.74. The number of hydrazone groups is 1. The van der Waals surface area contributed by atoms with Gasteiger partial charge in [-0.3, -0.25) is 9.59 Å². The molecule has 0 saturated heterocycles. The van der Waals surface area contributed by atoms with Gasteiger partial charge in [0.1, 0.15) is 0 Å². The van der Waals surface area contributed by atoms with E-state index in [1.165, 1.54) is 6.21 Å². The number of hydrogen-bond acceptors (Lipinski definition) is 5. The van der Waals surface area contributed by atoms with E-state index in [4.69, 9.17) is 9.47 Å². The van der Waals surface area contributed by atoms with Crippen LogP contribution in [0.4, 0.5) is 5.69 Å². The van der Waals surface area contributed by atoms with Crippen LogP contribution in [0.2, 0.25) is 0 Å². The number of nitrogens with zero attached hydrogens (tertiary/aromatic N) is 1. The molecule has 0 aromatic heterocycles. The summed E-state index contributed by atoms with van der Waals surface area (Å²) in [7, 11) is 0. The lowest BCUT2D eigenvalue weighted by Crippen LogP contribution is -2.18. The lowest BCUT2D eigenvalue weighted by molar-refractivity contribution is -0.121. The molecular formula is C19H18BrN3O4. The zero-order chi connectivity index (χ0) is 19.1. The molecule has 2 N–H and O–H groups in total. The van der Waals surface area contributed by atoms with Crippen LogP contribution in [0.1, 0.15) is 24.8 Å². The van der Waals surface area contributed by atoms with Gasteiger partial charge < -0.3 is 14.8 Å². The highest BCUT2D eigenvalue weighted by molar-refractivity contribution is 9.10. The van der Waals surface area contributed by atoms with Gasteiger partial charge in [0.2, 0.25) is 18.6 Å². The van der Waals surface area contributed by atoms with E-state index >= 15 is 0 Å². The maximum absolute atomic E-state index is 11.9. The number of benzene rings is 2. The molecule has 2 aromatic rings. The van der Waals surface area contributed by atoms with Crippen molar-refractivity contribution in [3.63, 3.8) is 0 Å². The third kappa shape index (κ3) is 5.82. The van der Waals surface area contributed by atoms with Crippen LogP contribution in [0.3, 0.4) is 0 Å². The lowest BCUT2D eigenvalue weighted by atomic mass is 10.2. The molecule has 140 valence electrons. The van der Waals surface area contributed by atoms with Gasteiger partial charge in [0, 0.05) is 23.0 Å². The fourth-order valence-corrected chi connectivity index (χ4v) is 2.66. The minimum Gasteiger partial charge on any atom is -0.454 e. The van der Waals surface area contributed by atoms with E-state index in [2.05, 4.69) is 31.8 Å². The zero-order valence-electron chi connectivity index (χ0n) is 14.4. The molecular weight excluding hydrogens is 414 g/mol. The Kier molecular flexibility index (Phi) is 6.43. The fourth-order valence-electron chi connectivity index (χ4n) is 2.39. The summed E-state index contributed by atoms with van der Waals surface area (Å²) in [5, 5.41) is 6.70.